The fraction of sp³-hybridized carbons (Fsp3) is 0.0667. The number of rotatable bonds is 3. The van der Waals surface area contributed by atoms with E-state index in [2.05, 4.69) is 4.98 Å². The molecule has 0 radical (unpaired) electrons. The molecule has 0 saturated carbocycles. The van der Waals surface area contributed by atoms with Gasteiger partial charge < -0.3 is 5.73 Å². The van der Waals surface area contributed by atoms with Gasteiger partial charge in [-0.15, -0.1) is 0 Å². The van der Waals surface area contributed by atoms with Crippen molar-refractivity contribution in [2.24, 2.45) is 5.73 Å². The smallest absolute Gasteiger partial charge is 0.287 e. The molecule has 6 nitrogen and oxygen atoms in total. The fourth-order valence-electron chi connectivity index (χ4n) is 1.50. The largest absolute Gasteiger partial charge is 0.366 e. The highest BCUT2D eigenvalue weighted by Crippen LogP contribution is 2.16. The summed E-state index contributed by atoms with van der Waals surface area (Å²) < 4.78 is 41.4. The molecule has 1 aromatic heterocycles. The van der Waals surface area contributed by atoms with Gasteiger partial charge >= 0.3 is 0 Å². The number of halogens is 2. The molecule has 0 aliphatic heterocycles. The van der Waals surface area contributed by atoms with Crippen molar-refractivity contribution in [3.05, 3.63) is 69.6 Å². The number of aryl methyl sites for hydroxylation is 1. The first-order valence-corrected chi connectivity index (χ1v) is 8.30. The van der Waals surface area contributed by atoms with Crippen LogP contribution in [-0.2, 0) is 10.1 Å². The van der Waals surface area contributed by atoms with E-state index in [4.69, 9.17) is 21.9 Å². The molecule has 1 aromatic carbocycles. The van der Waals surface area contributed by atoms with Gasteiger partial charge in [-0.3, -0.25) is 14.3 Å². The molecule has 9 heteroatoms. The molecule has 0 atom stereocenters. The summed E-state index contributed by atoms with van der Waals surface area (Å²) in [6.07, 6.45) is 1.24. The number of carbonyl (C=O) groups is 1. The van der Waals surface area contributed by atoms with Crippen molar-refractivity contribution in [3.8, 4) is 0 Å². The third-order valence-corrected chi connectivity index (χ3v) is 3.31. The summed E-state index contributed by atoms with van der Waals surface area (Å²) in [6.45, 7) is 1.80. The van der Waals surface area contributed by atoms with Gasteiger partial charge in [-0.25, -0.2) is 4.39 Å². The zero-order valence-electron chi connectivity index (χ0n) is 12.5. The summed E-state index contributed by atoms with van der Waals surface area (Å²) in [5, 5.41) is 0.743. The summed E-state index contributed by atoms with van der Waals surface area (Å²) in [5.74, 6) is -1.14. The van der Waals surface area contributed by atoms with Crippen molar-refractivity contribution in [2.45, 2.75) is 6.92 Å². The Hall–Kier alpha value is -2.29. The molecule has 128 valence electrons. The quantitative estimate of drug-likeness (QED) is 0.805. The molecule has 0 fully saturated rings. The number of benzene rings is 1. The van der Waals surface area contributed by atoms with Gasteiger partial charge in [0.05, 0.1) is 21.7 Å². The van der Waals surface area contributed by atoms with Crippen molar-refractivity contribution in [3.63, 3.8) is 0 Å². The topological polar surface area (TPSA) is 110 Å². The lowest BCUT2D eigenvalue weighted by molar-refractivity contribution is 0.100. The molecule has 0 unspecified atom stereocenters. The maximum atomic E-state index is 12.4. The number of amides is 1. The highest BCUT2D eigenvalue weighted by molar-refractivity contribution is 7.88. The highest BCUT2D eigenvalue weighted by atomic mass is 35.5. The lowest BCUT2D eigenvalue weighted by atomic mass is 10.2. The molecule has 3 N–H and O–H groups in total. The van der Waals surface area contributed by atoms with E-state index in [1.165, 1.54) is 12.1 Å². The summed E-state index contributed by atoms with van der Waals surface area (Å²) in [5.41, 5.74) is 6.34. The Labute approximate surface area is 143 Å². The maximum Gasteiger partial charge on any atom is 0.287 e. The SMILES string of the molecule is Cc1cccc(/C=C/S(=O)(=O)O)n1.NC(=O)c1ccc(F)cc1Cl. The van der Waals surface area contributed by atoms with Gasteiger partial charge in [0, 0.05) is 5.69 Å². The molecule has 2 aromatic rings. The molecular formula is C15H14ClFN2O4S. The molecule has 2 rings (SSSR count). The van der Waals surface area contributed by atoms with E-state index in [-0.39, 0.29) is 10.6 Å². The second-order valence-electron chi connectivity index (χ2n) is 4.51. The normalized spacial score (nSPS) is 11.0. The minimum atomic E-state index is -4.06. The number of carbonyl (C=O) groups excluding carboxylic acids is 1. The van der Waals surface area contributed by atoms with Gasteiger partial charge in [0.2, 0.25) is 5.91 Å². The third-order valence-electron chi connectivity index (χ3n) is 2.52. The number of hydrogen-bond acceptors (Lipinski definition) is 4. The number of nitrogens with two attached hydrogens (primary N) is 1. The molecule has 1 amide bonds. The lowest BCUT2D eigenvalue weighted by Crippen LogP contribution is -2.11. The second kappa shape index (κ2) is 8.53. The zero-order valence-corrected chi connectivity index (χ0v) is 14.1. The van der Waals surface area contributed by atoms with E-state index >= 15 is 0 Å². The molecule has 0 saturated heterocycles. The Balaban J connectivity index is 0.000000243. The Bertz CT molecular complexity index is 870. The van der Waals surface area contributed by atoms with Crippen LogP contribution in [0.4, 0.5) is 4.39 Å². The van der Waals surface area contributed by atoms with E-state index in [1.54, 1.807) is 25.1 Å². The number of nitrogens with zero attached hydrogens (tertiary/aromatic N) is 1. The minimum absolute atomic E-state index is 0.0394. The van der Waals surface area contributed by atoms with Crippen molar-refractivity contribution in [1.82, 2.24) is 4.98 Å². The molecule has 0 bridgehead atoms. The molecule has 0 aliphatic carbocycles. The molecule has 0 spiro atoms. The first-order valence-electron chi connectivity index (χ1n) is 6.42. The van der Waals surface area contributed by atoms with Crippen LogP contribution in [-0.4, -0.2) is 23.9 Å². The van der Waals surface area contributed by atoms with Gasteiger partial charge in [0.25, 0.3) is 10.1 Å². The van der Waals surface area contributed by atoms with Crippen molar-refractivity contribution in [2.75, 3.05) is 0 Å². The van der Waals surface area contributed by atoms with Crippen LogP contribution in [0.15, 0.2) is 41.8 Å². The van der Waals surface area contributed by atoms with E-state index in [0.29, 0.717) is 11.1 Å². The van der Waals surface area contributed by atoms with Crippen LogP contribution in [0.25, 0.3) is 6.08 Å². The molecule has 0 aliphatic rings. The van der Waals surface area contributed by atoms with E-state index < -0.39 is 21.8 Å². The van der Waals surface area contributed by atoms with E-state index in [0.717, 1.165) is 17.8 Å². The van der Waals surface area contributed by atoms with Crippen LogP contribution >= 0.6 is 11.6 Å². The Morgan fingerprint density at radius 3 is 2.50 bits per heavy atom. The summed E-state index contributed by atoms with van der Waals surface area (Å²) in [4.78, 5) is 14.6. The molecule has 1 heterocycles. The monoisotopic (exact) mass is 372 g/mol. The number of hydrogen-bond donors (Lipinski definition) is 2. The summed E-state index contributed by atoms with van der Waals surface area (Å²) in [6, 6.07) is 8.62. The third kappa shape index (κ3) is 7.32. The lowest BCUT2D eigenvalue weighted by Gasteiger charge is -1.97. The van der Waals surface area contributed by atoms with Crippen LogP contribution in [0.5, 0.6) is 0 Å². The number of aromatic nitrogens is 1. The van der Waals surface area contributed by atoms with Crippen LogP contribution in [0.2, 0.25) is 5.02 Å². The average Bonchev–Trinajstić information content (AvgIpc) is 2.45. The van der Waals surface area contributed by atoms with Gasteiger partial charge in [0.1, 0.15) is 5.82 Å². The number of primary amides is 1. The van der Waals surface area contributed by atoms with Crippen molar-refractivity contribution in [1.29, 1.82) is 0 Å². The van der Waals surface area contributed by atoms with E-state index in [1.807, 2.05) is 0 Å². The summed E-state index contributed by atoms with van der Waals surface area (Å²) in [7, 11) is -4.06. The minimum Gasteiger partial charge on any atom is -0.366 e. The fourth-order valence-corrected chi connectivity index (χ4v) is 2.07. The molecular weight excluding hydrogens is 359 g/mol. The Morgan fingerprint density at radius 1 is 1.33 bits per heavy atom. The van der Waals surface area contributed by atoms with Crippen LogP contribution in [0.1, 0.15) is 21.7 Å². The number of pyridine rings is 1. The second-order valence-corrected chi connectivity index (χ2v) is 6.22. The van der Waals surface area contributed by atoms with Crippen molar-refractivity contribution < 1.29 is 22.2 Å². The van der Waals surface area contributed by atoms with Gasteiger partial charge in [-0.1, -0.05) is 17.7 Å². The van der Waals surface area contributed by atoms with Crippen LogP contribution in [0.3, 0.4) is 0 Å². The average molecular weight is 373 g/mol. The van der Waals surface area contributed by atoms with Gasteiger partial charge in [-0.05, 0) is 43.3 Å². The summed E-state index contributed by atoms with van der Waals surface area (Å²) >= 11 is 5.48. The van der Waals surface area contributed by atoms with Gasteiger partial charge in [0.15, 0.2) is 0 Å². The Morgan fingerprint density at radius 2 is 2.00 bits per heavy atom. The van der Waals surface area contributed by atoms with Crippen molar-refractivity contribution >= 4 is 33.7 Å². The first-order chi connectivity index (χ1) is 11.1. The first kappa shape index (κ1) is 19.8. The Kier molecular flexibility index (Phi) is 7.02. The highest BCUT2D eigenvalue weighted by Gasteiger charge is 2.05. The predicted octanol–water partition coefficient (Wildman–Crippen LogP) is 2.83. The van der Waals surface area contributed by atoms with E-state index in [9.17, 15) is 17.6 Å². The maximum absolute atomic E-state index is 12.4. The predicted molar refractivity (Wildman–Crippen MR) is 89.5 cm³/mol. The van der Waals surface area contributed by atoms with Gasteiger partial charge in [-0.2, -0.15) is 8.42 Å². The molecule has 24 heavy (non-hydrogen) atoms. The van der Waals surface area contributed by atoms with Crippen LogP contribution in [0, 0.1) is 12.7 Å². The standard InChI is InChI=1S/C8H9NO3S.C7H5ClFNO/c1-7-3-2-4-8(9-7)5-6-13(10,11)12;8-6-3-4(9)1-2-5(6)7(10)11/h2-6H,1H3,(H,10,11,12);1-3H,(H2,10,11)/b6-5+;. The zero-order chi connectivity index (χ0) is 18.3. The van der Waals surface area contributed by atoms with Crippen LogP contribution < -0.4 is 5.73 Å².